The minimum atomic E-state index is -0.127. The number of anilines is 1. The molecule has 1 amide bonds. The van der Waals surface area contributed by atoms with E-state index in [2.05, 4.69) is 35.1 Å². The second-order valence-corrected chi connectivity index (χ2v) is 5.57. The summed E-state index contributed by atoms with van der Waals surface area (Å²) in [5, 5.41) is 2.98. The van der Waals surface area contributed by atoms with E-state index < -0.39 is 0 Å². The number of rotatable bonds is 6. The molecule has 0 spiro atoms. The van der Waals surface area contributed by atoms with Crippen LogP contribution < -0.4 is 11.1 Å². The molecule has 3 N–H and O–H groups in total. The number of nitrogens with one attached hydrogen (secondary N) is 1. The number of halogens is 1. The van der Waals surface area contributed by atoms with E-state index in [1.54, 1.807) is 18.2 Å². The highest BCUT2D eigenvalue weighted by Crippen LogP contribution is 2.20. The van der Waals surface area contributed by atoms with Crippen LogP contribution in [-0.4, -0.2) is 25.2 Å². The van der Waals surface area contributed by atoms with Crippen molar-refractivity contribution in [2.75, 3.05) is 18.9 Å². The van der Waals surface area contributed by atoms with Gasteiger partial charge in [0.2, 0.25) is 0 Å². The van der Waals surface area contributed by atoms with Gasteiger partial charge in [0.1, 0.15) is 0 Å². The first-order valence-electron chi connectivity index (χ1n) is 6.39. The van der Waals surface area contributed by atoms with Gasteiger partial charge < -0.3 is 15.8 Å². The molecule has 0 saturated heterocycles. The Labute approximate surface area is 122 Å². The number of ether oxygens (including phenoxy) is 1. The Morgan fingerprint density at radius 1 is 1.47 bits per heavy atom. The van der Waals surface area contributed by atoms with Crippen LogP contribution in [0.1, 0.15) is 31.1 Å². The summed E-state index contributed by atoms with van der Waals surface area (Å²) < 4.78 is 6.18. The first kappa shape index (κ1) is 16.0. The van der Waals surface area contributed by atoms with Crippen molar-refractivity contribution in [2.45, 2.75) is 26.8 Å². The molecule has 0 radical (unpaired) electrons. The third-order valence-electron chi connectivity index (χ3n) is 2.88. The van der Waals surface area contributed by atoms with Gasteiger partial charge in [-0.1, -0.05) is 13.8 Å². The molecule has 0 aliphatic carbocycles. The van der Waals surface area contributed by atoms with Crippen LogP contribution in [-0.2, 0) is 4.74 Å². The highest BCUT2D eigenvalue weighted by atomic mass is 79.9. The Morgan fingerprint density at radius 3 is 2.68 bits per heavy atom. The summed E-state index contributed by atoms with van der Waals surface area (Å²) in [4.78, 5) is 12.1. The molecule has 4 nitrogen and oxygen atoms in total. The molecule has 0 aromatic heterocycles. The van der Waals surface area contributed by atoms with Crippen molar-refractivity contribution < 1.29 is 9.53 Å². The second-order valence-electron chi connectivity index (χ2n) is 4.72. The molecule has 106 valence electrons. The Hall–Kier alpha value is -1.07. The number of carbonyl (C=O) groups excluding carboxylic acids is 1. The zero-order valence-electron chi connectivity index (χ0n) is 11.6. The van der Waals surface area contributed by atoms with Gasteiger partial charge in [0.05, 0.1) is 12.6 Å². The molecular formula is C14H21BrN2O2. The average molecular weight is 329 g/mol. The number of nitrogens with two attached hydrogens (primary N) is 1. The maximum absolute atomic E-state index is 12.1. The topological polar surface area (TPSA) is 64.3 Å². The summed E-state index contributed by atoms with van der Waals surface area (Å²) in [6.07, 6.45) is 0. The fourth-order valence-electron chi connectivity index (χ4n) is 1.58. The Kier molecular flexibility index (Phi) is 6.31. The minimum absolute atomic E-state index is 0.00248. The van der Waals surface area contributed by atoms with Gasteiger partial charge in [-0.3, -0.25) is 4.79 Å². The summed E-state index contributed by atoms with van der Waals surface area (Å²) in [6, 6.07) is 5.18. The van der Waals surface area contributed by atoms with Crippen molar-refractivity contribution in [1.29, 1.82) is 0 Å². The molecule has 0 aliphatic rings. The number of nitrogen functional groups attached to an aromatic ring is 1. The molecule has 0 saturated carbocycles. The van der Waals surface area contributed by atoms with E-state index >= 15 is 0 Å². The number of amides is 1. The van der Waals surface area contributed by atoms with E-state index in [1.807, 2.05) is 6.92 Å². The third-order valence-corrected chi connectivity index (χ3v) is 3.60. The van der Waals surface area contributed by atoms with E-state index in [4.69, 9.17) is 10.5 Å². The van der Waals surface area contributed by atoms with Crippen molar-refractivity contribution in [3.8, 4) is 0 Å². The zero-order valence-corrected chi connectivity index (χ0v) is 13.2. The van der Waals surface area contributed by atoms with Gasteiger partial charge in [0.25, 0.3) is 5.91 Å². The molecular weight excluding hydrogens is 308 g/mol. The summed E-state index contributed by atoms with van der Waals surface area (Å²) in [5.74, 6) is 0.181. The van der Waals surface area contributed by atoms with E-state index in [0.717, 1.165) is 4.47 Å². The van der Waals surface area contributed by atoms with Gasteiger partial charge in [-0.15, -0.1) is 0 Å². The van der Waals surface area contributed by atoms with Crippen LogP contribution in [0.15, 0.2) is 22.7 Å². The summed E-state index contributed by atoms with van der Waals surface area (Å²) >= 11 is 3.31. The molecule has 19 heavy (non-hydrogen) atoms. The first-order valence-corrected chi connectivity index (χ1v) is 7.18. The summed E-state index contributed by atoms with van der Waals surface area (Å²) in [6.45, 7) is 7.21. The van der Waals surface area contributed by atoms with Crippen LogP contribution in [0, 0.1) is 5.92 Å². The maximum Gasteiger partial charge on any atom is 0.251 e. The van der Waals surface area contributed by atoms with E-state index in [0.29, 0.717) is 30.4 Å². The fraction of sp³-hybridized carbons (Fsp3) is 0.500. The lowest BCUT2D eigenvalue weighted by Crippen LogP contribution is -2.41. The van der Waals surface area contributed by atoms with Crippen molar-refractivity contribution in [3.63, 3.8) is 0 Å². The van der Waals surface area contributed by atoms with Gasteiger partial charge >= 0.3 is 0 Å². The highest BCUT2D eigenvalue weighted by molar-refractivity contribution is 9.10. The van der Waals surface area contributed by atoms with Crippen molar-refractivity contribution in [2.24, 2.45) is 5.92 Å². The molecule has 1 rings (SSSR count). The van der Waals surface area contributed by atoms with Gasteiger partial charge in [-0.25, -0.2) is 0 Å². The molecule has 0 heterocycles. The molecule has 1 aromatic rings. The standard InChI is InChI=1S/C14H21BrN2O2/c1-4-19-8-13(9(2)3)17-14(18)10-5-6-11(15)12(16)7-10/h5-7,9,13H,4,8,16H2,1-3H3,(H,17,18). The van der Waals surface area contributed by atoms with E-state index in [1.165, 1.54) is 0 Å². The number of benzene rings is 1. The lowest BCUT2D eigenvalue weighted by atomic mass is 10.0. The van der Waals surface area contributed by atoms with Crippen LogP contribution in [0.3, 0.4) is 0 Å². The maximum atomic E-state index is 12.1. The largest absolute Gasteiger partial charge is 0.398 e. The van der Waals surface area contributed by atoms with Gasteiger partial charge in [0, 0.05) is 22.3 Å². The molecule has 0 aliphatic heterocycles. The molecule has 5 heteroatoms. The monoisotopic (exact) mass is 328 g/mol. The zero-order chi connectivity index (χ0) is 14.4. The lowest BCUT2D eigenvalue weighted by Gasteiger charge is -2.22. The van der Waals surface area contributed by atoms with Gasteiger partial charge in [0.15, 0.2) is 0 Å². The predicted octanol–water partition coefficient (Wildman–Crippen LogP) is 2.82. The predicted molar refractivity (Wildman–Crippen MR) is 81.1 cm³/mol. The SMILES string of the molecule is CCOCC(NC(=O)c1ccc(Br)c(N)c1)C(C)C. The second kappa shape index (κ2) is 7.50. The third kappa shape index (κ3) is 4.84. The van der Waals surface area contributed by atoms with Gasteiger partial charge in [-0.05, 0) is 47.0 Å². The Balaban J connectivity index is 2.73. The summed E-state index contributed by atoms with van der Waals surface area (Å²) in [7, 11) is 0. The Morgan fingerprint density at radius 2 is 2.16 bits per heavy atom. The van der Waals surface area contributed by atoms with Crippen molar-refractivity contribution >= 4 is 27.5 Å². The van der Waals surface area contributed by atoms with E-state index in [9.17, 15) is 4.79 Å². The van der Waals surface area contributed by atoms with Gasteiger partial charge in [-0.2, -0.15) is 0 Å². The molecule has 1 atom stereocenters. The smallest absolute Gasteiger partial charge is 0.251 e. The number of hydrogen-bond donors (Lipinski definition) is 2. The lowest BCUT2D eigenvalue weighted by molar-refractivity contribution is 0.0806. The van der Waals surface area contributed by atoms with E-state index in [-0.39, 0.29) is 11.9 Å². The quantitative estimate of drug-likeness (QED) is 0.789. The van der Waals surface area contributed by atoms with Crippen molar-refractivity contribution in [1.82, 2.24) is 5.32 Å². The molecule has 0 fully saturated rings. The average Bonchev–Trinajstić information content (AvgIpc) is 2.37. The van der Waals surface area contributed by atoms with Crippen LogP contribution in [0.5, 0.6) is 0 Å². The molecule has 0 bridgehead atoms. The highest BCUT2D eigenvalue weighted by Gasteiger charge is 2.17. The molecule has 1 aromatic carbocycles. The summed E-state index contributed by atoms with van der Waals surface area (Å²) in [5.41, 5.74) is 6.89. The Bertz CT molecular complexity index is 435. The van der Waals surface area contributed by atoms with Crippen LogP contribution in [0.2, 0.25) is 0 Å². The minimum Gasteiger partial charge on any atom is -0.398 e. The van der Waals surface area contributed by atoms with Crippen LogP contribution in [0.4, 0.5) is 5.69 Å². The normalized spacial score (nSPS) is 12.5. The first-order chi connectivity index (χ1) is 8.95. The van der Waals surface area contributed by atoms with Crippen molar-refractivity contribution in [3.05, 3.63) is 28.2 Å². The fourth-order valence-corrected chi connectivity index (χ4v) is 1.83. The molecule has 1 unspecified atom stereocenters. The number of hydrogen-bond acceptors (Lipinski definition) is 3. The van der Waals surface area contributed by atoms with Crippen LogP contribution in [0.25, 0.3) is 0 Å². The number of carbonyl (C=O) groups is 1. The van der Waals surface area contributed by atoms with Crippen LogP contribution >= 0.6 is 15.9 Å².